The maximum absolute atomic E-state index is 13.5. The highest BCUT2D eigenvalue weighted by molar-refractivity contribution is 5.96. The predicted molar refractivity (Wildman–Crippen MR) is 117 cm³/mol. The Bertz CT molecular complexity index is 1350. The highest BCUT2D eigenvalue weighted by atomic mass is 19.1. The van der Waals surface area contributed by atoms with Crippen LogP contribution in [0.25, 0.3) is 16.6 Å². The third-order valence-corrected chi connectivity index (χ3v) is 5.77. The molecule has 158 valence electrons. The van der Waals surface area contributed by atoms with Gasteiger partial charge in [-0.25, -0.2) is 4.39 Å². The van der Waals surface area contributed by atoms with Crippen molar-refractivity contribution in [3.8, 4) is 5.75 Å². The lowest BCUT2D eigenvalue weighted by Gasteiger charge is -2.36. The number of rotatable bonds is 3. The number of halogens is 1. The van der Waals surface area contributed by atoms with Gasteiger partial charge in [-0.1, -0.05) is 12.1 Å². The molecule has 7 nitrogen and oxygen atoms in total. The van der Waals surface area contributed by atoms with Gasteiger partial charge in [0.1, 0.15) is 17.2 Å². The van der Waals surface area contributed by atoms with Crippen LogP contribution in [-0.4, -0.2) is 53.5 Å². The first-order chi connectivity index (χ1) is 15.0. The molecule has 3 heterocycles. The Morgan fingerprint density at radius 2 is 1.84 bits per heavy atom. The van der Waals surface area contributed by atoms with Crippen LogP contribution >= 0.6 is 0 Å². The number of carbonyl (C=O) groups is 1. The van der Waals surface area contributed by atoms with Gasteiger partial charge in [0.15, 0.2) is 0 Å². The van der Waals surface area contributed by atoms with Gasteiger partial charge in [-0.05, 0) is 30.3 Å². The lowest BCUT2D eigenvalue weighted by Crippen LogP contribution is -2.48. The van der Waals surface area contributed by atoms with Crippen LogP contribution in [0.2, 0.25) is 0 Å². The molecule has 31 heavy (non-hydrogen) atoms. The first kappa shape index (κ1) is 19.2. The van der Waals surface area contributed by atoms with E-state index in [1.54, 1.807) is 29.3 Å². The largest absolute Gasteiger partial charge is 0.494 e. The number of benzene rings is 2. The number of fused-ring (bicyclic) bond motifs is 3. The molecular formula is C23H21FN4O3. The number of para-hydroxylation sites is 1. The van der Waals surface area contributed by atoms with Crippen molar-refractivity contribution < 1.29 is 13.9 Å². The number of nitrogens with zero attached hydrogens (tertiary/aromatic N) is 3. The van der Waals surface area contributed by atoms with Crippen molar-refractivity contribution in [3.63, 3.8) is 0 Å². The number of hydrogen-bond acceptors (Lipinski definition) is 4. The summed E-state index contributed by atoms with van der Waals surface area (Å²) in [5.41, 5.74) is 2.51. The smallest absolute Gasteiger partial charge is 0.258 e. The van der Waals surface area contributed by atoms with Gasteiger partial charge in [-0.15, -0.1) is 0 Å². The predicted octanol–water partition coefficient (Wildman–Crippen LogP) is 2.89. The van der Waals surface area contributed by atoms with E-state index in [-0.39, 0.29) is 17.3 Å². The van der Waals surface area contributed by atoms with Gasteiger partial charge in [0.2, 0.25) is 0 Å². The van der Waals surface area contributed by atoms with E-state index in [9.17, 15) is 14.0 Å². The molecule has 5 rings (SSSR count). The van der Waals surface area contributed by atoms with Crippen LogP contribution in [0.4, 0.5) is 10.1 Å². The summed E-state index contributed by atoms with van der Waals surface area (Å²) < 4.78 is 20.6. The van der Waals surface area contributed by atoms with E-state index in [0.29, 0.717) is 48.5 Å². The summed E-state index contributed by atoms with van der Waals surface area (Å²) in [6.07, 6.45) is 1.77. The molecule has 2 aromatic carbocycles. The lowest BCUT2D eigenvalue weighted by molar-refractivity contribution is 0.0747. The second-order valence-corrected chi connectivity index (χ2v) is 7.55. The summed E-state index contributed by atoms with van der Waals surface area (Å²) >= 11 is 0. The number of aromatic nitrogens is 2. The molecule has 0 saturated carbocycles. The van der Waals surface area contributed by atoms with E-state index in [4.69, 9.17) is 4.74 Å². The summed E-state index contributed by atoms with van der Waals surface area (Å²) in [6, 6.07) is 13.5. The monoisotopic (exact) mass is 420 g/mol. The van der Waals surface area contributed by atoms with E-state index in [1.165, 1.54) is 19.2 Å². The molecule has 1 N–H and O–H groups in total. The Labute approximate surface area is 177 Å². The Hall–Kier alpha value is -3.81. The van der Waals surface area contributed by atoms with Crippen molar-refractivity contribution in [1.82, 2.24) is 14.3 Å². The third kappa shape index (κ3) is 3.30. The standard InChI is InChI=1S/C23H21FN4O3/c1-31-20-13-16(24)6-7-19(20)26-8-10-27(11-9-26)23(30)15-12-21-25-22(29)17-4-2-3-5-18(17)28(21)14-15/h2-7,12-14H,8-11H2,1H3,(H,25,29). The van der Waals surface area contributed by atoms with E-state index < -0.39 is 0 Å². The molecule has 1 aliphatic rings. The molecule has 0 unspecified atom stereocenters. The van der Waals surface area contributed by atoms with Gasteiger partial charge < -0.3 is 23.9 Å². The average molecular weight is 420 g/mol. The second-order valence-electron chi connectivity index (χ2n) is 7.55. The number of anilines is 1. The van der Waals surface area contributed by atoms with E-state index in [2.05, 4.69) is 9.88 Å². The van der Waals surface area contributed by atoms with Crippen LogP contribution < -0.4 is 15.2 Å². The van der Waals surface area contributed by atoms with Crippen LogP contribution in [0, 0.1) is 5.82 Å². The molecule has 8 heteroatoms. The number of methoxy groups -OCH3 is 1. The fourth-order valence-electron chi connectivity index (χ4n) is 4.18. The topological polar surface area (TPSA) is 70.0 Å². The third-order valence-electron chi connectivity index (χ3n) is 5.77. The van der Waals surface area contributed by atoms with Gasteiger partial charge in [0, 0.05) is 38.4 Å². The first-order valence-corrected chi connectivity index (χ1v) is 10.1. The molecule has 4 aromatic rings. The number of piperazine rings is 1. The number of nitrogens with one attached hydrogen (secondary N) is 1. The Balaban J connectivity index is 1.38. The molecule has 0 radical (unpaired) electrons. The summed E-state index contributed by atoms with van der Waals surface area (Å²) in [6.45, 7) is 2.29. The normalized spacial score (nSPS) is 14.4. The van der Waals surface area contributed by atoms with Crippen molar-refractivity contribution >= 4 is 28.1 Å². The van der Waals surface area contributed by atoms with E-state index in [1.807, 2.05) is 22.6 Å². The first-order valence-electron chi connectivity index (χ1n) is 10.1. The molecule has 1 fully saturated rings. The molecule has 0 bridgehead atoms. The van der Waals surface area contributed by atoms with Crippen LogP contribution in [0.1, 0.15) is 10.4 Å². The summed E-state index contributed by atoms with van der Waals surface area (Å²) in [5, 5.41) is 0.575. The fourth-order valence-corrected chi connectivity index (χ4v) is 4.18. The molecule has 2 aromatic heterocycles. The van der Waals surface area contributed by atoms with Crippen LogP contribution in [0.5, 0.6) is 5.75 Å². The molecule has 0 atom stereocenters. The lowest BCUT2D eigenvalue weighted by atomic mass is 10.2. The van der Waals surface area contributed by atoms with Crippen molar-refractivity contribution in [2.45, 2.75) is 0 Å². The van der Waals surface area contributed by atoms with Crippen molar-refractivity contribution in [2.75, 3.05) is 38.2 Å². The van der Waals surface area contributed by atoms with Crippen LogP contribution in [-0.2, 0) is 0 Å². The zero-order valence-corrected chi connectivity index (χ0v) is 17.0. The van der Waals surface area contributed by atoms with Crippen molar-refractivity contribution in [3.05, 3.63) is 76.5 Å². The Kier molecular flexibility index (Phi) is 4.62. The minimum atomic E-state index is -0.347. The number of amides is 1. The maximum Gasteiger partial charge on any atom is 0.258 e. The Morgan fingerprint density at radius 3 is 2.61 bits per heavy atom. The molecule has 0 aliphatic carbocycles. The molecule has 1 amide bonds. The SMILES string of the molecule is COc1cc(F)ccc1N1CCN(C(=O)c2cc3[nH]c(=O)c4ccccc4n3c2)CC1. The fraction of sp³-hybridized carbons (Fsp3) is 0.217. The highest BCUT2D eigenvalue weighted by Crippen LogP contribution is 2.30. The van der Waals surface area contributed by atoms with Crippen molar-refractivity contribution in [1.29, 1.82) is 0 Å². The number of carbonyl (C=O) groups excluding carboxylic acids is 1. The number of ether oxygens (including phenoxy) is 1. The van der Waals surface area contributed by atoms with Gasteiger partial charge in [0.25, 0.3) is 11.5 Å². The average Bonchev–Trinajstić information content (AvgIpc) is 3.23. The summed E-state index contributed by atoms with van der Waals surface area (Å²) in [5.74, 6) is 0.0504. The van der Waals surface area contributed by atoms with Gasteiger partial charge in [-0.3, -0.25) is 9.59 Å². The zero-order valence-electron chi connectivity index (χ0n) is 17.0. The maximum atomic E-state index is 13.5. The molecule has 1 saturated heterocycles. The second kappa shape index (κ2) is 7.46. The van der Waals surface area contributed by atoms with Gasteiger partial charge in [0.05, 0.1) is 29.3 Å². The summed E-state index contributed by atoms with van der Waals surface area (Å²) in [7, 11) is 1.52. The molecular weight excluding hydrogens is 399 g/mol. The highest BCUT2D eigenvalue weighted by Gasteiger charge is 2.25. The van der Waals surface area contributed by atoms with Crippen LogP contribution in [0.15, 0.2) is 59.5 Å². The number of H-pyrrole nitrogens is 1. The van der Waals surface area contributed by atoms with E-state index in [0.717, 1.165) is 11.2 Å². The quantitative estimate of drug-likeness (QED) is 0.553. The number of hydrogen-bond donors (Lipinski definition) is 1. The molecule has 1 aliphatic heterocycles. The zero-order chi connectivity index (χ0) is 21.5. The van der Waals surface area contributed by atoms with Crippen molar-refractivity contribution in [2.24, 2.45) is 0 Å². The van der Waals surface area contributed by atoms with Gasteiger partial charge in [-0.2, -0.15) is 0 Å². The molecule has 0 spiro atoms. The number of aromatic amines is 1. The minimum Gasteiger partial charge on any atom is -0.494 e. The van der Waals surface area contributed by atoms with E-state index >= 15 is 0 Å². The van der Waals surface area contributed by atoms with Crippen LogP contribution in [0.3, 0.4) is 0 Å². The minimum absolute atomic E-state index is 0.0839. The van der Waals surface area contributed by atoms with Gasteiger partial charge >= 0.3 is 0 Å². The Morgan fingerprint density at radius 1 is 1.06 bits per heavy atom. The summed E-state index contributed by atoms with van der Waals surface area (Å²) in [4.78, 5) is 32.2.